The minimum Gasteiger partial charge on any atom is -0.321 e. The number of sulfonamides is 1. The van der Waals surface area contributed by atoms with E-state index in [-0.39, 0.29) is 15.6 Å². The third-order valence-electron chi connectivity index (χ3n) is 4.49. The first-order valence-electron chi connectivity index (χ1n) is 9.44. The molecule has 0 fully saturated rings. The van der Waals surface area contributed by atoms with E-state index in [1.807, 2.05) is 30.3 Å². The maximum absolute atomic E-state index is 12.8. The SMILES string of the molecule is CCN(CC)S(=O)(=O)c1cc(NC(=O)c2csc(Cc3ccccc3)n2)ccc1Cl. The summed E-state index contributed by atoms with van der Waals surface area (Å²) in [5.41, 5.74) is 1.74. The van der Waals surface area contributed by atoms with Gasteiger partial charge in [0.05, 0.1) is 10.0 Å². The van der Waals surface area contributed by atoms with Crippen molar-refractivity contribution in [3.05, 3.63) is 75.2 Å². The van der Waals surface area contributed by atoms with Crippen LogP contribution >= 0.6 is 22.9 Å². The van der Waals surface area contributed by atoms with Crippen molar-refractivity contribution in [3.8, 4) is 0 Å². The van der Waals surface area contributed by atoms with E-state index in [2.05, 4.69) is 10.3 Å². The smallest absolute Gasteiger partial charge is 0.275 e. The van der Waals surface area contributed by atoms with Gasteiger partial charge in [0.1, 0.15) is 10.6 Å². The molecule has 158 valence electrons. The van der Waals surface area contributed by atoms with Gasteiger partial charge in [-0.25, -0.2) is 13.4 Å². The predicted molar refractivity (Wildman–Crippen MR) is 121 cm³/mol. The van der Waals surface area contributed by atoms with Gasteiger partial charge in [-0.05, 0) is 23.8 Å². The number of halogens is 1. The summed E-state index contributed by atoms with van der Waals surface area (Å²) in [5.74, 6) is -0.404. The van der Waals surface area contributed by atoms with Crippen molar-refractivity contribution in [1.82, 2.24) is 9.29 Å². The monoisotopic (exact) mass is 463 g/mol. The van der Waals surface area contributed by atoms with Crippen LogP contribution < -0.4 is 5.32 Å². The second-order valence-electron chi connectivity index (χ2n) is 6.48. The maximum atomic E-state index is 12.8. The number of hydrogen-bond donors (Lipinski definition) is 1. The number of anilines is 1. The van der Waals surface area contributed by atoms with E-state index in [1.54, 1.807) is 25.3 Å². The molecule has 0 unspecified atom stereocenters. The molecule has 1 heterocycles. The zero-order valence-electron chi connectivity index (χ0n) is 16.6. The molecule has 3 aromatic rings. The molecule has 0 saturated carbocycles. The van der Waals surface area contributed by atoms with Gasteiger partial charge in [-0.2, -0.15) is 4.31 Å². The van der Waals surface area contributed by atoms with Crippen molar-refractivity contribution in [2.45, 2.75) is 25.2 Å². The Morgan fingerprint density at radius 3 is 2.50 bits per heavy atom. The van der Waals surface area contributed by atoms with Gasteiger partial charge in [0.25, 0.3) is 5.91 Å². The van der Waals surface area contributed by atoms with E-state index in [9.17, 15) is 13.2 Å². The molecule has 1 aromatic heterocycles. The zero-order valence-corrected chi connectivity index (χ0v) is 19.0. The lowest BCUT2D eigenvalue weighted by atomic mass is 10.2. The summed E-state index contributed by atoms with van der Waals surface area (Å²) >= 11 is 7.55. The van der Waals surface area contributed by atoms with Crippen LogP contribution in [0.3, 0.4) is 0 Å². The number of aromatic nitrogens is 1. The third-order valence-corrected chi connectivity index (χ3v) is 7.88. The fourth-order valence-electron chi connectivity index (χ4n) is 2.94. The topological polar surface area (TPSA) is 79.4 Å². The summed E-state index contributed by atoms with van der Waals surface area (Å²) in [6.07, 6.45) is 0.645. The fraction of sp³-hybridized carbons (Fsp3) is 0.238. The van der Waals surface area contributed by atoms with Crippen molar-refractivity contribution in [2.75, 3.05) is 18.4 Å². The Balaban J connectivity index is 1.78. The number of nitrogens with zero attached hydrogens (tertiary/aromatic N) is 2. The van der Waals surface area contributed by atoms with E-state index in [4.69, 9.17) is 11.6 Å². The number of benzene rings is 2. The second-order valence-corrected chi connectivity index (χ2v) is 9.73. The Hall–Kier alpha value is -2.26. The molecule has 1 N–H and O–H groups in total. The molecule has 0 aliphatic carbocycles. The van der Waals surface area contributed by atoms with Crippen LogP contribution in [0.2, 0.25) is 5.02 Å². The van der Waals surface area contributed by atoms with Crippen molar-refractivity contribution in [2.24, 2.45) is 0 Å². The van der Waals surface area contributed by atoms with Gasteiger partial charge >= 0.3 is 0 Å². The standard InChI is InChI=1S/C21H22ClN3O3S2/c1-3-25(4-2)30(27,28)19-13-16(10-11-17(19)22)23-21(26)18-14-29-20(24-18)12-15-8-6-5-7-9-15/h5-11,13-14H,3-4,12H2,1-2H3,(H,23,26). The highest BCUT2D eigenvalue weighted by Gasteiger charge is 2.25. The average molecular weight is 464 g/mol. The largest absolute Gasteiger partial charge is 0.321 e. The molecule has 0 saturated heterocycles. The second kappa shape index (κ2) is 9.70. The van der Waals surface area contributed by atoms with Crippen LogP contribution in [0, 0.1) is 0 Å². The first kappa shape index (κ1) is 22.4. The number of nitrogens with one attached hydrogen (secondary N) is 1. The summed E-state index contributed by atoms with van der Waals surface area (Å²) in [5, 5.41) is 5.34. The molecule has 9 heteroatoms. The van der Waals surface area contributed by atoms with Crippen molar-refractivity contribution in [1.29, 1.82) is 0 Å². The van der Waals surface area contributed by atoms with Crippen molar-refractivity contribution >= 4 is 44.6 Å². The summed E-state index contributed by atoms with van der Waals surface area (Å²) in [4.78, 5) is 17.0. The molecule has 6 nitrogen and oxygen atoms in total. The number of thiazole rings is 1. The summed E-state index contributed by atoms with van der Waals surface area (Å²) in [7, 11) is -3.75. The van der Waals surface area contributed by atoms with Gasteiger partial charge in [-0.1, -0.05) is 55.8 Å². The highest BCUT2D eigenvalue weighted by Crippen LogP contribution is 2.28. The van der Waals surface area contributed by atoms with Crippen LogP contribution in [0.5, 0.6) is 0 Å². The first-order chi connectivity index (χ1) is 14.3. The molecule has 1 amide bonds. The Morgan fingerprint density at radius 2 is 1.83 bits per heavy atom. The highest BCUT2D eigenvalue weighted by atomic mass is 35.5. The number of carbonyl (C=O) groups is 1. The number of hydrogen-bond acceptors (Lipinski definition) is 5. The molecule has 0 aliphatic rings. The number of rotatable bonds is 8. The van der Waals surface area contributed by atoms with Gasteiger partial charge in [-0.15, -0.1) is 11.3 Å². The average Bonchev–Trinajstić information content (AvgIpc) is 3.19. The first-order valence-corrected chi connectivity index (χ1v) is 12.1. The molecule has 2 aromatic carbocycles. The van der Waals surface area contributed by atoms with Gasteiger partial charge in [0, 0.05) is 30.6 Å². The van der Waals surface area contributed by atoms with E-state index >= 15 is 0 Å². The molecule has 0 atom stereocenters. The summed E-state index contributed by atoms with van der Waals surface area (Å²) in [6, 6.07) is 14.3. The van der Waals surface area contributed by atoms with Crippen LogP contribution in [-0.2, 0) is 16.4 Å². The molecule has 30 heavy (non-hydrogen) atoms. The van der Waals surface area contributed by atoms with E-state index in [0.29, 0.717) is 25.2 Å². The molecule has 0 aliphatic heterocycles. The number of amides is 1. The lowest BCUT2D eigenvalue weighted by Crippen LogP contribution is -2.30. The van der Waals surface area contributed by atoms with Gasteiger partial charge in [0.15, 0.2) is 0 Å². The molecular weight excluding hydrogens is 442 g/mol. The normalized spacial score (nSPS) is 11.6. The summed E-state index contributed by atoms with van der Waals surface area (Å²) in [6.45, 7) is 4.18. The van der Waals surface area contributed by atoms with E-state index < -0.39 is 15.9 Å². The summed E-state index contributed by atoms with van der Waals surface area (Å²) < 4.78 is 27.0. The quantitative estimate of drug-likeness (QED) is 0.526. The van der Waals surface area contributed by atoms with Gasteiger partial charge in [-0.3, -0.25) is 4.79 Å². The van der Waals surface area contributed by atoms with Crippen LogP contribution in [0.15, 0.2) is 58.8 Å². The van der Waals surface area contributed by atoms with E-state index in [1.165, 1.54) is 27.8 Å². The molecule has 0 spiro atoms. The lowest BCUT2D eigenvalue weighted by Gasteiger charge is -2.19. The fourth-order valence-corrected chi connectivity index (χ4v) is 5.71. The molecule has 0 radical (unpaired) electrons. The molecule has 3 rings (SSSR count). The van der Waals surface area contributed by atoms with Crippen LogP contribution in [0.4, 0.5) is 5.69 Å². The van der Waals surface area contributed by atoms with Crippen LogP contribution in [0.1, 0.15) is 34.9 Å². The Morgan fingerprint density at radius 1 is 1.13 bits per heavy atom. The molecular formula is C21H22ClN3O3S2. The predicted octanol–water partition coefficient (Wildman–Crippen LogP) is 4.67. The highest BCUT2D eigenvalue weighted by molar-refractivity contribution is 7.89. The maximum Gasteiger partial charge on any atom is 0.275 e. The molecule has 0 bridgehead atoms. The van der Waals surface area contributed by atoms with Gasteiger partial charge < -0.3 is 5.32 Å². The number of carbonyl (C=O) groups excluding carboxylic acids is 1. The Kier molecular flexibility index (Phi) is 7.25. The Labute approximate surface area is 185 Å². The zero-order chi connectivity index (χ0) is 21.7. The minimum absolute atomic E-state index is 0.0336. The van der Waals surface area contributed by atoms with Crippen molar-refractivity contribution in [3.63, 3.8) is 0 Å². The van der Waals surface area contributed by atoms with E-state index in [0.717, 1.165) is 10.6 Å². The third kappa shape index (κ3) is 5.07. The lowest BCUT2D eigenvalue weighted by molar-refractivity contribution is 0.102. The van der Waals surface area contributed by atoms with Gasteiger partial charge in [0.2, 0.25) is 10.0 Å². The Bertz CT molecular complexity index is 1130. The minimum atomic E-state index is -3.75. The van der Waals surface area contributed by atoms with Crippen molar-refractivity contribution < 1.29 is 13.2 Å². The van der Waals surface area contributed by atoms with Crippen LogP contribution in [-0.4, -0.2) is 36.7 Å². The van der Waals surface area contributed by atoms with Crippen LogP contribution in [0.25, 0.3) is 0 Å².